The third kappa shape index (κ3) is 3.60. The second kappa shape index (κ2) is 7.33. The van der Waals surface area contributed by atoms with Gasteiger partial charge in [0.25, 0.3) is 0 Å². The monoisotopic (exact) mass is 292 g/mol. The Kier molecular flexibility index (Phi) is 6.42. The van der Waals surface area contributed by atoms with E-state index in [2.05, 4.69) is 40.6 Å². The van der Waals surface area contributed by atoms with E-state index in [1.54, 1.807) is 11.8 Å². The summed E-state index contributed by atoms with van der Waals surface area (Å²) in [4.78, 5) is 6.80. The highest BCUT2D eigenvalue weighted by molar-refractivity contribution is 7.98. The van der Waals surface area contributed by atoms with Crippen LogP contribution in [0, 0.1) is 0 Å². The van der Waals surface area contributed by atoms with Crippen LogP contribution in [-0.4, -0.2) is 53.7 Å². The molecule has 1 aromatic rings. The normalized spacial score (nSPS) is 22.5. The molecule has 0 spiro atoms. The zero-order valence-corrected chi connectivity index (χ0v) is 12.7. The highest BCUT2D eigenvalue weighted by Gasteiger charge is 2.26. The minimum atomic E-state index is 0. The van der Waals surface area contributed by atoms with Gasteiger partial charge in [0.1, 0.15) is 0 Å². The SMILES string of the molecule is CSCC(C)c1nc(C2CNCCN2C)no1.Cl. The van der Waals surface area contributed by atoms with E-state index in [0.717, 1.165) is 37.1 Å². The number of halogens is 1. The van der Waals surface area contributed by atoms with Crippen molar-refractivity contribution in [2.24, 2.45) is 0 Å². The van der Waals surface area contributed by atoms with Gasteiger partial charge in [-0.3, -0.25) is 4.90 Å². The highest BCUT2D eigenvalue weighted by Crippen LogP contribution is 2.22. The molecule has 1 fully saturated rings. The summed E-state index contributed by atoms with van der Waals surface area (Å²) in [6.45, 7) is 5.07. The number of hydrogen-bond acceptors (Lipinski definition) is 6. The van der Waals surface area contributed by atoms with Gasteiger partial charge in [-0.25, -0.2) is 0 Å². The summed E-state index contributed by atoms with van der Waals surface area (Å²) in [6.07, 6.45) is 2.09. The minimum Gasteiger partial charge on any atom is -0.339 e. The molecule has 0 saturated carbocycles. The van der Waals surface area contributed by atoms with Crippen molar-refractivity contribution in [3.05, 3.63) is 11.7 Å². The maximum absolute atomic E-state index is 5.35. The predicted octanol–water partition coefficient (Wildman–Crippen LogP) is 1.53. The van der Waals surface area contributed by atoms with Crippen molar-refractivity contribution < 1.29 is 4.52 Å². The number of rotatable bonds is 4. The number of nitrogens with one attached hydrogen (secondary N) is 1. The largest absolute Gasteiger partial charge is 0.339 e. The van der Waals surface area contributed by atoms with E-state index >= 15 is 0 Å². The molecule has 1 N–H and O–H groups in total. The Balaban J connectivity index is 0.00000162. The summed E-state index contributed by atoms with van der Waals surface area (Å²) < 4.78 is 5.35. The predicted molar refractivity (Wildman–Crippen MR) is 76.6 cm³/mol. The zero-order valence-electron chi connectivity index (χ0n) is 11.0. The van der Waals surface area contributed by atoms with Crippen LogP contribution in [0.2, 0.25) is 0 Å². The molecule has 0 radical (unpaired) electrons. The molecule has 18 heavy (non-hydrogen) atoms. The number of piperazine rings is 1. The van der Waals surface area contributed by atoms with E-state index in [0.29, 0.717) is 5.92 Å². The van der Waals surface area contributed by atoms with Crippen molar-refractivity contribution >= 4 is 24.2 Å². The summed E-state index contributed by atoms with van der Waals surface area (Å²) in [6, 6.07) is 0.239. The van der Waals surface area contributed by atoms with Gasteiger partial charge in [0.2, 0.25) is 5.89 Å². The van der Waals surface area contributed by atoms with E-state index in [-0.39, 0.29) is 18.4 Å². The van der Waals surface area contributed by atoms with Crippen LogP contribution in [0.3, 0.4) is 0 Å². The van der Waals surface area contributed by atoms with Gasteiger partial charge in [-0.15, -0.1) is 12.4 Å². The Hall–Kier alpha value is -0.300. The fourth-order valence-electron chi connectivity index (χ4n) is 2.00. The highest BCUT2D eigenvalue weighted by atomic mass is 35.5. The van der Waals surface area contributed by atoms with Crippen molar-refractivity contribution in [2.45, 2.75) is 18.9 Å². The number of likely N-dealkylation sites (N-methyl/N-ethyl adjacent to an activating group) is 1. The molecular formula is C11H21ClN4OS. The Morgan fingerprint density at radius 1 is 1.61 bits per heavy atom. The minimum absolute atomic E-state index is 0. The molecule has 2 heterocycles. The van der Waals surface area contributed by atoms with E-state index in [4.69, 9.17) is 4.52 Å². The van der Waals surface area contributed by atoms with Gasteiger partial charge < -0.3 is 9.84 Å². The summed E-state index contributed by atoms with van der Waals surface area (Å²) >= 11 is 1.80. The average molecular weight is 293 g/mol. The van der Waals surface area contributed by atoms with Gasteiger partial charge in [0.15, 0.2) is 5.82 Å². The number of thioether (sulfide) groups is 1. The first-order valence-electron chi connectivity index (χ1n) is 5.95. The number of nitrogens with zero attached hydrogens (tertiary/aromatic N) is 3. The van der Waals surface area contributed by atoms with Crippen molar-refractivity contribution in [3.8, 4) is 0 Å². The molecular weight excluding hydrogens is 272 g/mol. The summed E-state index contributed by atoms with van der Waals surface area (Å²) in [5.74, 6) is 2.91. The number of hydrogen-bond donors (Lipinski definition) is 1. The van der Waals surface area contributed by atoms with Crippen molar-refractivity contribution in [1.29, 1.82) is 0 Å². The first-order chi connectivity index (χ1) is 8.22. The third-order valence-corrected chi connectivity index (χ3v) is 3.94. The van der Waals surface area contributed by atoms with Crippen molar-refractivity contribution in [2.75, 3.05) is 38.7 Å². The molecule has 7 heteroatoms. The van der Waals surface area contributed by atoms with Crippen LogP contribution >= 0.6 is 24.2 Å². The van der Waals surface area contributed by atoms with Crippen LogP contribution in [0.5, 0.6) is 0 Å². The first kappa shape index (κ1) is 15.8. The Bertz CT molecular complexity index is 363. The van der Waals surface area contributed by atoms with Crippen molar-refractivity contribution in [3.63, 3.8) is 0 Å². The Labute approximate surface area is 118 Å². The van der Waals surface area contributed by atoms with Gasteiger partial charge in [0.05, 0.1) is 6.04 Å². The molecule has 0 bridgehead atoms. The molecule has 0 aliphatic carbocycles. The van der Waals surface area contributed by atoms with Crippen LogP contribution in [0.1, 0.15) is 30.6 Å². The number of aromatic nitrogens is 2. The lowest BCUT2D eigenvalue weighted by Crippen LogP contribution is -2.44. The summed E-state index contributed by atoms with van der Waals surface area (Å²) in [5.41, 5.74) is 0. The molecule has 1 aromatic heterocycles. The van der Waals surface area contributed by atoms with E-state index in [1.165, 1.54) is 0 Å². The van der Waals surface area contributed by atoms with Crippen LogP contribution in [0.4, 0.5) is 0 Å². The van der Waals surface area contributed by atoms with E-state index in [1.807, 2.05) is 0 Å². The fraction of sp³-hybridized carbons (Fsp3) is 0.818. The molecule has 0 amide bonds. The van der Waals surface area contributed by atoms with Crippen LogP contribution in [0.25, 0.3) is 0 Å². The molecule has 2 atom stereocenters. The zero-order chi connectivity index (χ0) is 12.3. The summed E-state index contributed by atoms with van der Waals surface area (Å²) in [7, 11) is 2.10. The second-order valence-corrected chi connectivity index (χ2v) is 5.46. The molecule has 2 rings (SSSR count). The van der Waals surface area contributed by atoms with Crippen LogP contribution in [-0.2, 0) is 0 Å². The van der Waals surface area contributed by atoms with Gasteiger partial charge in [-0.05, 0) is 13.3 Å². The van der Waals surface area contributed by atoms with E-state index in [9.17, 15) is 0 Å². The van der Waals surface area contributed by atoms with Gasteiger partial charge in [-0.2, -0.15) is 16.7 Å². The molecule has 0 aromatic carbocycles. The first-order valence-corrected chi connectivity index (χ1v) is 7.35. The van der Waals surface area contributed by atoms with E-state index < -0.39 is 0 Å². The lowest BCUT2D eigenvalue weighted by Gasteiger charge is -2.30. The Morgan fingerprint density at radius 2 is 2.39 bits per heavy atom. The topological polar surface area (TPSA) is 54.2 Å². The molecule has 1 saturated heterocycles. The fourth-order valence-corrected chi connectivity index (χ4v) is 2.64. The standard InChI is InChI=1S/C11H20N4OS.ClH/c1-8(7-17-3)11-13-10(14-16-11)9-6-12-4-5-15(9)2;/h8-9,12H,4-7H2,1-3H3;1H. The average Bonchev–Trinajstić information content (AvgIpc) is 2.79. The smallest absolute Gasteiger partial charge is 0.230 e. The van der Waals surface area contributed by atoms with Gasteiger partial charge >= 0.3 is 0 Å². The molecule has 1 aliphatic rings. The molecule has 2 unspecified atom stereocenters. The van der Waals surface area contributed by atoms with Crippen LogP contribution in [0.15, 0.2) is 4.52 Å². The molecule has 1 aliphatic heterocycles. The maximum atomic E-state index is 5.35. The molecule has 104 valence electrons. The van der Waals surface area contributed by atoms with Crippen molar-refractivity contribution in [1.82, 2.24) is 20.4 Å². The third-order valence-electron chi connectivity index (χ3n) is 3.10. The second-order valence-electron chi connectivity index (χ2n) is 4.55. The molecule has 5 nitrogen and oxygen atoms in total. The maximum Gasteiger partial charge on any atom is 0.230 e. The lowest BCUT2D eigenvalue weighted by molar-refractivity contribution is 0.190. The quantitative estimate of drug-likeness (QED) is 0.908. The summed E-state index contributed by atoms with van der Waals surface area (Å²) in [5, 5.41) is 7.48. The van der Waals surface area contributed by atoms with Gasteiger partial charge in [0, 0.05) is 31.3 Å². The Morgan fingerprint density at radius 3 is 3.06 bits per heavy atom. The van der Waals surface area contributed by atoms with Gasteiger partial charge in [-0.1, -0.05) is 12.1 Å². The lowest BCUT2D eigenvalue weighted by atomic mass is 10.2. The van der Waals surface area contributed by atoms with Crippen LogP contribution < -0.4 is 5.32 Å².